The molecule has 0 radical (unpaired) electrons. The molecule has 0 atom stereocenters. The molecule has 4 aromatic rings. The Morgan fingerprint density at radius 3 is 2.42 bits per heavy atom. The summed E-state index contributed by atoms with van der Waals surface area (Å²) in [5.74, 6) is 1.06. The Morgan fingerprint density at radius 2 is 1.74 bits per heavy atom. The molecule has 2 heterocycles. The second-order valence-electron chi connectivity index (χ2n) is 7.16. The molecular formula is C24H20F3N3O. The lowest BCUT2D eigenvalue weighted by molar-refractivity contribution is -0.137. The van der Waals surface area contributed by atoms with Crippen LogP contribution in [-0.4, -0.2) is 17.1 Å². The fourth-order valence-corrected chi connectivity index (χ4v) is 3.51. The summed E-state index contributed by atoms with van der Waals surface area (Å²) in [5, 5.41) is 4.89. The van der Waals surface area contributed by atoms with E-state index in [1.807, 2.05) is 43.3 Å². The number of fused-ring (bicyclic) bond motifs is 1. The van der Waals surface area contributed by atoms with E-state index in [1.54, 1.807) is 19.4 Å². The summed E-state index contributed by atoms with van der Waals surface area (Å²) in [6, 6.07) is 16.6. The number of ether oxygens (including phenoxy) is 1. The highest BCUT2D eigenvalue weighted by Crippen LogP contribution is 2.34. The molecular weight excluding hydrogens is 403 g/mol. The summed E-state index contributed by atoms with van der Waals surface area (Å²) in [5.41, 5.74) is 2.47. The van der Waals surface area contributed by atoms with Crippen molar-refractivity contribution >= 4 is 22.3 Å². The minimum absolute atomic E-state index is 0.332. The van der Waals surface area contributed by atoms with Crippen LogP contribution in [0.15, 0.2) is 66.9 Å². The number of nitrogens with one attached hydrogen (secondary N) is 1. The number of hydrogen-bond acceptors (Lipinski definition) is 4. The third-order valence-electron chi connectivity index (χ3n) is 5.06. The van der Waals surface area contributed by atoms with Gasteiger partial charge in [-0.15, -0.1) is 0 Å². The second-order valence-corrected chi connectivity index (χ2v) is 7.16. The van der Waals surface area contributed by atoms with Crippen LogP contribution in [0.4, 0.5) is 24.7 Å². The number of halogens is 3. The first-order valence-electron chi connectivity index (χ1n) is 9.66. The van der Waals surface area contributed by atoms with Crippen LogP contribution in [0.3, 0.4) is 0 Å². The van der Waals surface area contributed by atoms with Gasteiger partial charge in [0.25, 0.3) is 0 Å². The van der Waals surface area contributed by atoms with Crippen molar-refractivity contribution in [2.24, 2.45) is 0 Å². The highest BCUT2D eigenvalue weighted by Gasteiger charge is 2.30. The molecule has 31 heavy (non-hydrogen) atoms. The monoisotopic (exact) mass is 423 g/mol. The van der Waals surface area contributed by atoms with Crippen LogP contribution in [0.25, 0.3) is 10.8 Å². The Balaban J connectivity index is 1.73. The number of rotatable bonds is 5. The van der Waals surface area contributed by atoms with E-state index >= 15 is 0 Å². The molecule has 0 spiro atoms. The minimum Gasteiger partial charge on any atom is -0.481 e. The SMILES string of the molecule is COc1ccc(Cc2c(C)nc(Nc3cccc(C(F)(F)F)c3)c3ccccc23)cn1. The van der Waals surface area contributed by atoms with Gasteiger partial charge < -0.3 is 10.1 Å². The summed E-state index contributed by atoms with van der Waals surface area (Å²) >= 11 is 0. The highest BCUT2D eigenvalue weighted by molar-refractivity contribution is 5.96. The first kappa shape index (κ1) is 20.7. The van der Waals surface area contributed by atoms with Gasteiger partial charge in [-0.05, 0) is 41.6 Å². The molecule has 0 aliphatic rings. The van der Waals surface area contributed by atoms with Gasteiger partial charge in [0.05, 0.1) is 12.7 Å². The predicted molar refractivity (Wildman–Crippen MR) is 115 cm³/mol. The van der Waals surface area contributed by atoms with Gasteiger partial charge in [-0.1, -0.05) is 36.4 Å². The van der Waals surface area contributed by atoms with Gasteiger partial charge in [0.15, 0.2) is 0 Å². The van der Waals surface area contributed by atoms with Crippen molar-refractivity contribution in [3.63, 3.8) is 0 Å². The summed E-state index contributed by atoms with van der Waals surface area (Å²) < 4.78 is 44.3. The zero-order chi connectivity index (χ0) is 22.0. The van der Waals surface area contributed by atoms with E-state index in [2.05, 4.69) is 15.3 Å². The van der Waals surface area contributed by atoms with Crippen molar-refractivity contribution in [2.45, 2.75) is 19.5 Å². The lowest BCUT2D eigenvalue weighted by atomic mass is 9.98. The lowest BCUT2D eigenvalue weighted by Gasteiger charge is -2.16. The topological polar surface area (TPSA) is 47.0 Å². The molecule has 0 amide bonds. The van der Waals surface area contributed by atoms with E-state index in [0.29, 0.717) is 23.8 Å². The first-order chi connectivity index (χ1) is 14.8. The number of aryl methyl sites for hydroxylation is 1. The number of nitrogens with zero attached hydrogens (tertiary/aromatic N) is 2. The van der Waals surface area contributed by atoms with E-state index in [9.17, 15) is 13.2 Å². The van der Waals surface area contributed by atoms with Crippen LogP contribution in [0.5, 0.6) is 5.88 Å². The van der Waals surface area contributed by atoms with Crippen LogP contribution in [0.1, 0.15) is 22.4 Å². The molecule has 0 fully saturated rings. The van der Waals surface area contributed by atoms with Gasteiger partial charge in [0.1, 0.15) is 5.82 Å². The van der Waals surface area contributed by atoms with E-state index < -0.39 is 11.7 Å². The Kier molecular flexibility index (Phi) is 5.50. The zero-order valence-electron chi connectivity index (χ0n) is 17.0. The lowest BCUT2D eigenvalue weighted by Crippen LogP contribution is -2.06. The van der Waals surface area contributed by atoms with E-state index in [1.165, 1.54) is 6.07 Å². The largest absolute Gasteiger partial charge is 0.481 e. The third-order valence-corrected chi connectivity index (χ3v) is 5.06. The van der Waals surface area contributed by atoms with E-state index in [4.69, 9.17) is 4.74 Å². The highest BCUT2D eigenvalue weighted by atomic mass is 19.4. The fourth-order valence-electron chi connectivity index (χ4n) is 3.51. The van der Waals surface area contributed by atoms with Gasteiger partial charge in [-0.2, -0.15) is 13.2 Å². The zero-order valence-corrected chi connectivity index (χ0v) is 17.0. The molecule has 2 aromatic carbocycles. The Hall–Kier alpha value is -3.61. The van der Waals surface area contributed by atoms with E-state index in [-0.39, 0.29) is 0 Å². The predicted octanol–water partition coefficient (Wildman–Crippen LogP) is 6.30. The summed E-state index contributed by atoms with van der Waals surface area (Å²) in [7, 11) is 1.57. The minimum atomic E-state index is -4.40. The normalized spacial score (nSPS) is 11.5. The Morgan fingerprint density at radius 1 is 0.968 bits per heavy atom. The smallest absolute Gasteiger partial charge is 0.416 e. The molecule has 0 saturated heterocycles. The standard InChI is InChI=1S/C24H20F3N3O/c1-15-21(12-16-10-11-22(31-2)28-14-16)19-8-3-4-9-20(19)23(29-15)30-18-7-5-6-17(13-18)24(25,26)27/h3-11,13-14H,12H2,1-2H3,(H,29,30). The summed E-state index contributed by atoms with van der Waals surface area (Å²) in [4.78, 5) is 8.94. The van der Waals surface area contributed by atoms with Gasteiger partial charge in [0, 0.05) is 35.5 Å². The van der Waals surface area contributed by atoms with Crippen LogP contribution in [0, 0.1) is 6.92 Å². The third kappa shape index (κ3) is 4.45. The van der Waals surface area contributed by atoms with Gasteiger partial charge >= 0.3 is 6.18 Å². The Labute approximate surface area is 177 Å². The van der Waals surface area contributed by atoms with Crippen molar-refractivity contribution in [3.8, 4) is 5.88 Å². The van der Waals surface area contributed by atoms with Gasteiger partial charge in [-0.3, -0.25) is 0 Å². The van der Waals surface area contributed by atoms with Crippen molar-refractivity contribution in [1.82, 2.24) is 9.97 Å². The van der Waals surface area contributed by atoms with Crippen molar-refractivity contribution in [1.29, 1.82) is 0 Å². The number of hydrogen-bond donors (Lipinski definition) is 1. The molecule has 4 rings (SSSR count). The number of methoxy groups -OCH3 is 1. The number of aromatic nitrogens is 2. The van der Waals surface area contributed by atoms with Crippen LogP contribution >= 0.6 is 0 Å². The molecule has 0 saturated carbocycles. The quantitative estimate of drug-likeness (QED) is 0.409. The van der Waals surface area contributed by atoms with Crippen molar-refractivity contribution in [3.05, 3.63) is 89.2 Å². The number of alkyl halides is 3. The van der Waals surface area contributed by atoms with Gasteiger partial charge in [-0.25, -0.2) is 9.97 Å². The average molecular weight is 423 g/mol. The molecule has 2 aromatic heterocycles. The maximum atomic E-state index is 13.1. The molecule has 4 nitrogen and oxygen atoms in total. The van der Waals surface area contributed by atoms with Crippen LogP contribution in [0.2, 0.25) is 0 Å². The molecule has 0 unspecified atom stereocenters. The molecule has 158 valence electrons. The number of benzene rings is 2. The van der Waals surface area contributed by atoms with Crippen LogP contribution in [-0.2, 0) is 12.6 Å². The summed E-state index contributed by atoms with van der Waals surface area (Å²) in [6.07, 6.45) is -2.01. The second kappa shape index (κ2) is 8.26. The molecule has 0 aliphatic carbocycles. The fraction of sp³-hybridized carbons (Fsp3) is 0.167. The maximum Gasteiger partial charge on any atom is 0.416 e. The molecule has 1 N–H and O–H groups in total. The van der Waals surface area contributed by atoms with E-state index in [0.717, 1.165) is 39.7 Å². The molecule has 7 heteroatoms. The maximum absolute atomic E-state index is 13.1. The van der Waals surface area contributed by atoms with Crippen LogP contribution < -0.4 is 10.1 Å². The first-order valence-corrected chi connectivity index (χ1v) is 9.66. The molecule has 0 bridgehead atoms. The Bertz CT molecular complexity index is 1220. The van der Waals surface area contributed by atoms with Gasteiger partial charge in [0.2, 0.25) is 5.88 Å². The molecule has 0 aliphatic heterocycles. The number of pyridine rings is 2. The van der Waals surface area contributed by atoms with Crippen molar-refractivity contribution in [2.75, 3.05) is 12.4 Å². The summed E-state index contributed by atoms with van der Waals surface area (Å²) in [6.45, 7) is 1.90. The number of anilines is 2. The average Bonchev–Trinajstić information content (AvgIpc) is 2.76. The van der Waals surface area contributed by atoms with Crippen molar-refractivity contribution < 1.29 is 17.9 Å².